The number of rotatable bonds is 5. The number of carbonyl (C=O) groups excluding carboxylic acids is 2. The maximum absolute atomic E-state index is 11.0. The molecule has 0 spiro atoms. The van der Waals surface area contributed by atoms with Gasteiger partial charge in [-0.25, -0.2) is 0 Å². The molecule has 0 aliphatic heterocycles. The SMILES string of the molecule is CCCC(C=O)C(=O)NCC. The van der Waals surface area contributed by atoms with Crippen LogP contribution in [0.4, 0.5) is 0 Å². The molecule has 0 radical (unpaired) electrons. The molecule has 0 saturated carbocycles. The fraction of sp³-hybridized carbons (Fsp3) is 0.750. The molecule has 0 aliphatic rings. The van der Waals surface area contributed by atoms with Crippen LogP contribution in [0.2, 0.25) is 0 Å². The van der Waals surface area contributed by atoms with E-state index in [1.807, 2.05) is 13.8 Å². The zero-order valence-electron chi connectivity index (χ0n) is 7.09. The number of hydrogen-bond donors (Lipinski definition) is 1. The zero-order valence-corrected chi connectivity index (χ0v) is 7.09. The van der Waals surface area contributed by atoms with Gasteiger partial charge < -0.3 is 10.1 Å². The molecule has 0 rings (SSSR count). The molecule has 0 fully saturated rings. The van der Waals surface area contributed by atoms with E-state index >= 15 is 0 Å². The van der Waals surface area contributed by atoms with Crippen LogP contribution in [-0.2, 0) is 9.59 Å². The Hall–Kier alpha value is -0.860. The van der Waals surface area contributed by atoms with Crippen molar-refractivity contribution in [2.24, 2.45) is 5.92 Å². The summed E-state index contributed by atoms with van der Waals surface area (Å²) in [6, 6.07) is 0. The van der Waals surface area contributed by atoms with Gasteiger partial charge in [0.15, 0.2) is 0 Å². The predicted octanol–water partition coefficient (Wildman–Crippen LogP) is 0.738. The molecule has 0 aromatic heterocycles. The van der Waals surface area contributed by atoms with Gasteiger partial charge >= 0.3 is 0 Å². The zero-order chi connectivity index (χ0) is 8.69. The molecule has 0 aliphatic carbocycles. The maximum atomic E-state index is 11.0. The Morgan fingerprint density at radius 3 is 2.55 bits per heavy atom. The second kappa shape index (κ2) is 5.89. The highest BCUT2D eigenvalue weighted by molar-refractivity contribution is 5.91. The summed E-state index contributed by atoms with van der Waals surface area (Å²) in [4.78, 5) is 21.4. The van der Waals surface area contributed by atoms with Gasteiger partial charge in [0.1, 0.15) is 6.29 Å². The maximum Gasteiger partial charge on any atom is 0.230 e. The van der Waals surface area contributed by atoms with Crippen LogP contribution >= 0.6 is 0 Å². The fourth-order valence-electron chi connectivity index (χ4n) is 0.877. The van der Waals surface area contributed by atoms with Gasteiger partial charge in [-0.05, 0) is 13.3 Å². The van der Waals surface area contributed by atoms with E-state index in [9.17, 15) is 9.59 Å². The van der Waals surface area contributed by atoms with Gasteiger partial charge in [0.25, 0.3) is 0 Å². The van der Waals surface area contributed by atoms with Crippen molar-refractivity contribution in [2.75, 3.05) is 6.54 Å². The molecule has 0 aromatic carbocycles. The number of hydrogen-bond acceptors (Lipinski definition) is 2. The highest BCUT2D eigenvalue weighted by Gasteiger charge is 2.14. The largest absolute Gasteiger partial charge is 0.356 e. The first-order valence-electron chi connectivity index (χ1n) is 3.99. The predicted molar refractivity (Wildman–Crippen MR) is 43.1 cm³/mol. The number of carbonyl (C=O) groups is 2. The number of amides is 1. The van der Waals surface area contributed by atoms with Crippen LogP contribution in [0.1, 0.15) is 26.7 Å². The lowest BCUT2D eigenvalue weighted by atomic mass is 10.1. The van der Waals surface area contributed by atoms with E-state index in [1.165, 1.54) is 0 Å². The van der Waals surface area contributed by atoms with Crippen LogP contribution in [0.25, 0.3) is 0 Å². The summed E-state index contributed by atoms with van der Waals surface area (Å²) in [5.41, 5.74) is 0. The molecule has 1 unspecified atom stereocenters. The number of nitrogens with one attached hydrogen (secondary N) is 1. The molecule has 0 saturated heterocycles. The van der Waals surface area contributed by atoms with Gasteiger partial charge in [-0.1, -0.05) is 13.3 Å². The minimum Gasteiger partial charge on any atom is -0.356 e. The van der Waals surface area contributed by atoms with E-state index in [1.54, 1.807) is 0 Å². The van der Waals surface area contributed by atoms with Crippen molar-refractivity contribution in [3.05, 3.63) is 0 Å². The summed E-state index contributed by atoms with van der Waals surface area (Å²) >= 11 is 0. The van der Waals surface area contributed by atoms with E-state index in [0.717, 1.165) is 6.42 Å². The monoisotopic (exact) mass is 157 g/mol. The molecular weight excluding hydrogens is 142 g/mol. The van der Waals surface area contributed by atoms with E-state index < -0.39 is 5.92 Å². The highest BCUT2D eigenvalue weighted by atomic mass is 16.2. The summed E-state index contributed by atoms with van der Waals surface area (Å²) in [6.07, 6.45) is 2.23. The van der Waals surface area contributed by atoms with Gasteiger partial charge in [-0.3, -0.25) is 4.79 Å². The molecule has 1 amide bonds. The van der Waals surface area contributed by atoms with Gasteiger partial charge in [-0.15, -0.1) is 0 Å². The first kappa shape index (κ1) is 10.1. The quantitative estimate of drug-likeness (QED) is 0.472. The van der Waals surface area contributed by atoms with Gasteiger partial charge in [0.2, 0.25) is 5.91 Å². The second-order valence-corrected chi connectivity index (χ2v) is 2.43. The van der Waals surface area contributed by atoms with Crippen molar-refractivity contribution in [1.82, 2.24) is 5.32 Å². The minimum absolute atomic E-state index is 0.149. The Balaban J connectivity index is 3.81. The van der Waals surface area contributed by atoms with E-state index in [-0.39, 0.29) is 5.91 Å². The second-order valence-electron chi connectivity index (χ2n) is 2.43. The third-order valence-corrected chi connectivity index (χ3v) is 1.45. The van der Waals surface area contributed by atoms with Crippen molar-refractivity contribution < 1.29 is 9.59 Å². The van der Waals surface area contributed by atoms with Crippen molar-refractivity contribution >= 4 is 12.2 Å². The van der Waals surface area contributed by atoms with Crippen molar-refractivity contribution in [3.63, 3.8) is 0 Å². The Morgan fingerprint density at radius 1 is 1.55 bits per heavy atom. The number of aldehydes is 1. The van der Waals surface area contributed by atoms with Crippen LogP contribution in [0.5, 0.6) is 0 Å². The Morgan fingerprint density at radius 2 is 2.18 bits per heavy atom. The Bertz CT molecular complexity index is 134. The summed E-state index contributed by atoms with van der Waals surface area (Å²) in [6.45, 7) is 4.38. The summed E-state index contributed by atoms with van der Waals surface area (Å²) < 4.78 is 0. The van der Waals surface area contributed by atoms with Crippen LogP contribution < -0.4 is 5.32 Å². The van der Waals surface area contributed by atoms with Crippen molar-refractivity contribution in [2.45, 2.75) is 26.7 Å². The van der Waals surface area contributed by atoms with E-state index in [2.05, 4.69) is 5.32 Å². The summed E-state index contributed by atoms with van der Waals surface area (Å²) in [5, 5.41) is 2.61. The Kier molecular flexibility index (Phi) is 5.43. The Labute approximate surface area is 67.2 Å². The third-order valence-electron chi connectivity index (χ3n) is 1.45. The molecule has 3 heteroatoms. The lowest BCUT2D eigenvalue weighted by molar-refractivity contribution is -0.129. The molecular formula is C8H15NO2. The standard InChI is InChI=1S/C8H15NO2/c1-3-5-7(6-10)8(11)9-4-2/h6-7H,3-5H2,1-2H3,(H,9,11). The summed E-state index contributed by atoms with van der Waals surface area (Å²) in [5.74, 6) is -0.593. The molecule has 0 heterocycles. The van der Waals surface area contributed by atoms with Crippen LogP contribution in [0, 0.1) is 5.92 Å². The highest BCUT2D eigenvalue weighted by Crippen LogP contribution is 2.02. The van der Waals surface area contributed by atoms with E-state index in [4.69, 9.17) is 0 Å². The minimum atomic E-state index is -0.444. The summed E-state index contributed by atoms with van der Waals surface area (Å²) in [7, 11) is 0. The molecule has 0 aromatic rings. The van der Waals surface area contributed by atoms with Gasteiger partial charge in [0.05, 0.1) is 5.92 Å². The van der Waals surface area contributed by atoms with Crippen LogP contribution in [0.15, 0.2) is 0 Å². The lowest BCUT2D eigenvalue weighted by Crippen LogP contribution is -2.31. The average molecular weight is 157 g/mol. The van der Waals surface area contributed by atoms with Crippen LogP contribution in [-0.4, -0.2) is 18.7 Å². The fourth-order valence-corrected chi connectivity index (χ4v) is 0.877. The topological polar surface area (TPSA) is 46.2 Å². The molecule has 0 bridgehead atoms. The van der Waals surface area contributed by atoms with E-state index in [0.29, 0.717) is 19.3 Å². The molecule has 64 valence electrons. The van der Waals surface area contributed by atoms with Crippen LogP contribution in [0.3, 0.4) is 0 Å². The normalized spacial score (nSPS) is 12.2. The van der Waals surface area contributed by atoms with Crippen molar-refractivity contribution in [1.29, 1.82) is 0 Å². The van der Waals surface area contributed by atoms with Crippen molar-refractivity contribution in [3.8, 4) is 0 Å². The first-order valence-corrected chi connectivity index (χ1v) is 3.99. The lowest BCUT2D eigenvalue weighted by Gasteiger charge is -2.07. The molecule has 1 N–H and O–H groups in total. The molecule has 1 atom stereocenters. The first-order chi connectivity index (χ1) is 5.26. The molecule has 3 nitrogen and oxygen atoms in total. The van der Waals surface area contributed by atoms with Gasteiger partial charge in [-0.2, -0.15) is 0 Å². The molecule has 11 heavy (non-hydrogen) atoms. The average Bonchev–Trinajstić information content (AvgIpc) is 2.00. The van der Waals surface area contributed by atoms with Gasteiger partial charge in [0, 0.05) is 6.54 Å². The third kappa shape index (κ3) is 3.75. The smallest absolute Gasteiger partial charge is 0.230 e.